The van der Waals surface area contributed by atoms with Crippen LogP contribution in [0.4, 0.5) is 8.78 Å². The highest BCUT2D eigenvalue weighted by atomic mass is 79.9. The molecule has 1 aromatic carbocycles. The third kappa shape index (κ3) is 2.45. The van der Waals surface area contributed by atoms with E-state index < -0.39 is 29.1 Å². The molecule has 0 aliphatic rings. The van der Waals surface area contributed by atoms with Crippen LogP contribution >= 0.6 is 15.9 Å². The van der Waals surface area contributed by atoms with Gasteiger partial charge in [0.05, 0.1) is 16.1 Å². The molecule has 0 bridgehead atoms. The van der Waals surface area contributed by atoms with Crippen molar-refractivity contribution in [1.29, 1.82) is 0 Å². The lowest BCUT2D eigenvalue weighted by molar-refractivity contribution is 0.167. The average Bonchev–Trinajstić information content (AvgIpc) is 2.16. The number of likely N-dealkylation sites (N-methyl/N-ethyl adjacent to an activating group) is 1. The van der Waals surface area contributed by atoms with Crippen LogP contribution in [0.2, 0.25) is 0 Å². The molecule has 3 nitrogen and oxygen atoms in total. The minimum atomic E-state index is -1.30. The van der Waals surface area contributed by atoms with E-state index in [2.05, 4.69) is 21.2 Å². The molecule has 3 N–H and O–H groups in total. The first kappa shape index (κ1) is 12.4. The molecule has 1 unspecified atom stereocenters. The van der Waals surface area contributed by atoms with Crippen LogP contribution in [-0.4, -0.2) is 23.8 Å². The van der Waals surface area contributed by atoms with E-state index in [-0.39, 0.29) is 11.0 Å². The zero-order chi connectivity index (χ0) is 11.6. The highest BCUT2D eigenvalue weighted by molar-refractivity contribution is 9.10. The van der Waals surface area contributed by atoms with Gasteiger partial charge in [-0.3, -0.25) is 0 Å². The first-order valence-electron chi connectivity index (χ1n) is 4.18. The van der Waals surface area contributed by atoms with Crippen molar-refractivity contribution in [3.63, 3.8) is 0 Å². The van der Waals surface area contributed by atoms with Crippen LogP contribution in [0, 0.1) is 11.6 Å². The standard InChI is InChI=1S/C9H10BrF2NO2/c1-13-3-6(14)7-8(12)5(11)2-4(10)9(7)15/h2,6,13-15H,3H2,1H3. The number of benzene rings is 1. The highest BCUT2D eigenvalue weighted by Crippen LogP contribution is 2.35. The average molecular weight is 282 g/mol. The monoisotopic (exact) mass is 281 g/mol. The van der Waals surface area contributed by atoms with Gasteiger partial charge in [0.1, 0.15) is 5.75 Å². The van der Waals surface area contributed by atoms with Gasteiger partial charge in [0.25, 0.3) is 0 Å². The summed E-state index contributed by atoms with van der Waals surface area (Å²) in [5, 5.41) is 21.5. The Morgan fingerprint density at radius 3 is 2.67 bits per heavy atom. The molecule has 84 valence electrons. The molecule has 0 fully saturated rings. The van der Waals surface area contributed by atoms with Gasteiger partial charge in [0.2, 0.25) is 0 Å². The van der Waals surface area contributed by atoms with Gasteiger partial charge in [-0.1, -0.05) is 0 Å². The Morgan fingerprint density at radius 2 is 2.13 bits per heavy atom. The smallest absolute Gasteiger partial charge is 0.168 e. The highest BCUT2D eigenvalue weighted by Gasteiger charge is 2.22. The van der Waals surface area contributed by atoms with Gasteiger partial charge in [0, 0.05) is 6.54 Å². The summed E-state index contributed by atoms with van der Waals surface area (Å²) in [6.07, 6.45) is -1.30. The van der Waals surface area contributed by atoms with E-state index in [1.54, 1.807) is 7.05 Å². The maximum atomic E-state index is 13.3. The molecule has 0 amide bonds. The number of aliphatic hydroxyl groups is 1. The Bertz CT molecular complexity index is 347. The Labute approximate surface area is 93.9 Å². The lowest BCUT2D eigenvalue weighted by Crippen LogP contribution is -2.18. The molecule has 0 radical (unpaired) electrons. The molecular formula is C9H10BrF2NO2. The summed E-state index contributed by atoms with van der Waals surface area (Å²) in [4.78, 5) is 0. The number of aromatic hydroxyl groups is 1. The summed E-state index contributed by atoms with van der Waals surface area (Å²) in [6.45, 7) is 0.0143. The molecule has 0 heterocycles. The van der Waals surface area contributed by atoms with Crippen LogP contribution in [-0.2, 0) is 0 Å². The van der Waals surface area contributed by atoms with Gasteiger partial charge in [-0.15, -0.1) is 0 Å². The van der Waals surface area contributed by atoms with Crippen LogP contribution in [0.3, 0.4) is 0 Å². The summed E-state index contributed by atoms with van der Waals surface area (Å²) in [5.74, 6) is -2.85. The number of halogens is 3. The molecule has 0 aliphatic heterocycles. The van der Waals surface area contributed by atoms with Gasteiger partial charge in [-0.25, -0.2) is 8.78 Å². The molecule has 6 heteroatoms. The van der Waals surface area contributed by atoms with Crippen LogP contribution in [0.25, 0.3) is 0 Å². The predicted molar refractivity (Wildman–Crippen MR) is 54.6 cm³/mol. The van der Waals surface area contributed by atoms with Crippen LogP contribution in [0.5, 0.6) is 5.75 Å². The number of hydrogen-bond donors (Lipinski definition) is 3. The molecule has 0 aliphatic carbocycles. The van der Waals surface area contributed by atoms with Crippen molar-refractivity contribution in [2.24, 2.45) is 0 Å². The molecule has 1 aromatic rings. The van der Waals surface area contributed by atoms with E-state index in [4.69, 9.17) is 0 Å². The summed E-state index contributed by atoms with van der Waals surface area (Å²) in [5.41, 5.74) is -0.448. The van der Waals surface area contributed by atoms with Crippen molar-refractivity contribution in [1.82, 2.24) is 5.32 Å². The number of phenols is 1. The fourth-order valence-electron chi connectivity index (χ4n) is 1.20. The van der Waals surface area contributed by atoms with E-state index in [0.29, 0.717) is 0 Å². The summed E-state index contributed by atoms with van der Waals surface area (Å²) < 4.78 is 26.3. The van der Waals surface area contributed by atoms with Crippen LogP contribution < -0.4 is 5.32 Å². The molecule has 0 saturated carbocycles. The van der Waals surface area contributed by atoms with Crippen molar-refractivity contribution in [2.45, 2.75) is 6.10 Å². The van der Waals surface area contributed by atoms with Crippen molar-refractivity contribution in [3.8, 4) is 5.75 Å². The summed E-state index contributed by atoms with van der Waals surface area (Å²) >= 11 is 2.86. The fourth-order valence-corrected chi connectivity index (χ4v) is 1.62. The quantitative estimate of drug-likeness (QED) is 0.739. The largest absolute Gasteiger partial charge is 0.506 e. The fraction of sp³-hybridized carbons (Fsp3) is 0.333. The van der Waals surface area contributed by atoms with Gasteiger partial charge in [-0.2, -0.15) is 0 Å². The summed E-state index contributed by atoms with van der Waals surface area (Å²) in [7, 11) is 1.55. The normalized spacial score (nSPS) is 12.9. The van der Waals surface area contributed by atoms with Gasteiger partial charge >= 0.3 is 0 Å². The molecule has 0 spiro atoms. The number of phenolic OH excluding ortho intramolecular Hbond substituents is 1. The first-order valence-corrected chi connectivity index (χ1v) is 4.97. The van der Waals surface area contributed by atoms with E-state index in [1.165, 1.54) is 0 Å². The van der Waals surface area contributed by atoms with E-state index in [0.717, 1.165) is 6.07 Å². The lowest BCUT2D eigenvalue weighted by Gasteiger charge is -2.14. The molecule has 0 saturated heterocycles. The maximum absolute atomic E-state index is 13.3. The van der Waals surface area contributed by atoms with Crippen molar-refractivity contribution >= 4 is 15.9 Å². The second-order valence-corrected chi connectivity index (χ2v) is 3.84. The van der Waals surface area contributed by atoms with Crippen molar-refractivity contribution < 1.29 is 19.0 Å². The predicted octanol–water partition coefficient (Wildman–Crippen LogP) is 1.69. The first-order chi connectivity index (χ1) is 6.99. The zero-order valence-electron chi connectivity index (χ0n) is 7.89. The lowest BCUT2D eigenvalue weighted by atomic mass is 10.1. The minimum absolute atomic E-state index is 0.00607. The topological polar surface area (TPSA) is 52.5 Å². The van der Waals surface area contributed by atoms with Crippen LogP contribution in [0.1, 0.15) is 11.7 Å². The van der Waals surface area contributed by atoms with E-state index >= 15 is 0 Å². The Hall–Kier alpha value is -0.720. The number of rotatable bonds is 3. The van der Waals surface area contributed by atoms with Gasteiger partial charge in [0.15, 0.2) is 11.6 Å². The zero-order valence-corrected chi connectivity index (χ0v) is 9.48. The van der Waals surface area contributed by atoms with Gasteiger partial charge in [-0.05, 0) is 29.0 Å². The third-order valence-electron chi connectivity index (χ3n) is 1.91. The third-order valence-corrected chi connectivity index (χ3v) is 2.52. The molecule has 1 rings (SSSR count). The van der Waals surface area contributed by atoms with E-state index in [1.807, 2.05) is 0 Å². The Balaban J connectivity index is 3.26. The number of nitrogens with one attached hydrogen (secondary N) is 1. The van der Waals surface area contributed by atoms with Crippen molar-refractivity contribution in [3.05, 3.63) is 27.7 Å². The number of hydrogen-bond acceptors (Lipinski definition) is 3. The van der Waals surface area contributed by atoms with Crippen LogP contribution in [0.15, 0.2) is 10.5 Å². The molecule has 0 aromatic heterocycles. The number of aliphatic hydroxyl groups excluding tert-OH is 1. The minimum Gasteiger partial charge on any atom is -0.506 e. The maximum Gasteiger partial charge on any atom is 0.168 e. The molecule has 1 atom stereocenters. The molecular weight excluding hydrogens is 272 g/mol. The molecule has 15 heavy (non-hydrogen) atoms. The Morgan fingerprint density at radius 1 is 1.53 bits per heavy atom. The second kappa shape index (κ2) is 4.87. The van der Waals surface area contributed by atoms with Gasteiger partial charge < -0.3 is 15.5 Å². The Kier molecular flexibility index (Phi) is 4.01. The summed E-state index contributed by atoms with van der Waals surface area (Å²) in [6, 6.07) is 0.806. The SMILES string of the molecule is CNCC(O)c1c(O)c(Br)cc(F)c1F. The van der Waals surface area contributed by atoms with Crippen molar-refractivity contribution in [2.75, 3.05) is 13.6 Å². The van der Waals surface area contributed by atoms with E-state index in [9.17, 15) is 19.0 Å². The second-order valence-electron chi connectivity index (χ2n) is 2.99.